The van der Waals surface area contributed by atoms with Crippen molar-refractivity contribution in [2.75, 3.05) is 29.9 Å². The van der Waals surface area contributed by atoms with E-state index in [-0.39, 0.29) is 0 Å². The van der Waals surface area contributed by atoms with Gasteiger partial charge in [-0.25, -0.2) is 4.68 Å². The van der Waals surface area contributed by atoms with Gasteiger partial charge >= 0.3 is 0 Å². The van der Waals surface area contributed by atoms with Crippen molar-refractivity contribution in [1.29, 1.82) is 0 Å². The standard InChI is InChI=1S/C13H20ClN7/c1-4-7-15-11-17-12(20(5-2)6-3)19-13(18-11)21-9-10(14)8-16-21/h8-9H,4-7H2,1-3H3,(H,15,17,18,19). The lowest BCUT2D eigenvalue weighted by Crippen LogP contribution is -2.26. The zero-order valence-electron chi connectivity index (χ0n) is 12.5. The predicted octanol–water partition coefficient (Wildman–Crippen LogP) is 2.38. The third-order valence-electron chi connectivity index (χ3n) is 2.95. The highest BCUT2D eigenvalue weighted by molar-refractivity contribution is 6.30. The topological polar surface area (TPSA) is 71.8 Å². The van der Waals surface area contributed by atoms with Crippen molar-refractivity contribution in [2.24, 2.45) is 0 Å². The van der Waals surface area contributed by atoms with Crippen LogP contribution < -0.4 is 10.2 Å². The number of aromatic nitrogens is 5. The summed E-state index contributed by atoms with van der Waals surface area (Å²) >= 11 is 5.91. The zero-order chi connectivity index (χ0) is 15.2. The molecule has 0 aliphatic rings. The lowest BCUT2D eigenvalue weighted by molar-refractivity contribution is 0.760. The maximum absolute atomic E-state index is 5.91. The second-order valence-electron chi connectivity index (χ2n) is 4.46. The van der Waals surface area contributed by atoms with Gasteiger partial charge in [0.2, 0.25) is 11.9 Å². The molecule has 2 rings (SSSR count). The van der Waals surface area contributed by atoms with Crippen LogP contribution in [0.4, 0.5) is 11.9 Å². The van der Waals surface area contributed by atoms with Gasteiger partial charge in [-0.05, 0) is 20.3 Å². The van der Waals surface area contributed by atoms with E-state index < -0.39 is 0 Å². The Balaban J connectivity index is 2.41. The Bertz CT molecular complexity index is 580. The van der Waals surface area contributed by atoms with Gasteiger partial charge in [0.05, 0.1) is 17.4 Å². The molecule has 0 atom stereocenters. The molecule has 2 heterocycles. The van der Waals surface area contributed by atoms with Gasteiger partial charge in [-0.15, -0.1) is 0 Å². The minimum atomic E-state index is 0.456. The second-order valence-corrected chi connectivity index (χ2v) is 4.90. The summed E-state index contributed by atoms with van der Waals surface area (Å²) in [5.41, 5.74) is 0. The average Bonchev–Trinajstić information content (AvgIpc) is 2.93. The number of nitrogens with one attached hydrogen (secondary N) is 1. The molecule has 114 valence electrons. The lowest BCUT2D eigenvalue weighted by Gasteiger charge is -2.19. The van der Waals surface area contributed by atoms with Crippen LogP contribution >= 0.6 is 11.6 Å². The maximum atomic E-state index is 5.91. The highest BCUT2D eigenvalue weighted by Crippen LogP contribution is 2.14. The summed E-state index contributed by atoms with van der Waals surface area (Å²) in [7, 11) is 0. The molecule has 0 bridgehead atoms. The zero-order valence-corrected chi connectivity index (χ0v) is 13.3. The first-order chi connectivity index (χ1) is 10.2. The summed E-state index contributed by atoms with van der Waals surface area (Å²) in [6, 6.07) is 0. The minimum absolute atomic E-state index is 0.456. The molecule has 2 aromatic rings. The number of nitrogens with zero attached hydrogens (tertiary/aromatic N) is 6. The molecule has 21 heavy (non-hydrogen) atoms. The van der Waals surface area contributed by atoms with Gasteiger partial charge < -0.3 is 10.2 Å². The van der Waals surface area contributed by atoms with Crippen molar-refractivity contribution in [3.8, 4) is 5.95 Å². The maximum Gasteiger partial charge on any atom is 0.257 e. The van der Waals surface area contributed by atoms with Crippen molar-refractivity contribution >= 4 is 23.5 Å². The average molecular weight is 310 g/mol. The van der Waals surface area contributed by atoms with Crippen molar-refractivity contribution in [3.05, 3.63) is 17.4 Å². The Morgan fingerprint density at radius 2 is 1.95 bits per heavy atom. The molecule has 0 fully saturated rings. The van der Waals surface area contributed by atoms with Crippen LogP contribution in [0.15, 0.2) is 12.4 Å². The van der Waals surface area contributed by atoms with Gasteiger partial charge in [-0.2, -0.15) is 20.1 Å². The van der Waals surface area contributed by atoms with Gasteiger partial charge in [0, 0.05) is 19.6 Å². The normalized spacial score (nSPS) is 10.7. The van der Waals surface area contributed by atoms with Crippen LogP contribution in [0.2, 0.25) is 5.02 Å². The van der Waals surface area contributed by atoms with Crippen LogP contribution in [0.5, 0.6) is 0 Å². The van der Waals surface area contributed by atoms with Crippen molar-refractivity contribution in [1.82, 2.24) is 24.7 Å². The van der Waals surface area contributed by atoms with Crippen LogP contribution in [0.1, 0.15) is 27.2 Å². The fourth-order valence-corrected chi connectivity index (χ4v) is 1.97. The fraction of sp³-hybridized carbons (Fsp3) is 0.538. The molecule has 0 aliphatic heterocycles. The Hall–Kier alpha value is -1.89. The first-order valence-electron chi connectivity index (χ1n) is 7.13. The smallest absolute Gasteiger partial charge is 0.257 e. The number of hydrogen-bond donors (Lipinski definition) is 1. The summed E-state index contributed by atoms with van der Waals surface area (Å²) in [6.45, 7) is 8.68. The van der Waals surface area contributed by atoms with Gasteiger partial charge in [0.25, 0.3) is 5.95 Å². The van der Waals surface area contributed by atoms with E-state index in [4.69, 9.17) is 11.6 Å². The van der Waals surface area contributed by atoms with E-state index >= 15 is 0 Å². The summed E-state index contributed by atoms with van der Waals surface area (Å²) in [6.07, 6.45) is 4.23. The molecule has 0 saturated heterocycles. The summed E-state index contributed by atoms with van der Waals surface area (Å²) < 4.78 is 1.55. The molecule has 8 heteroatoms. The summed E-state index contributed by atoms with van der Waals surface area (Å²) in [5.74, 6) is 1.64. The first-order valence-corrected chi connectivity index (χ1v) is 7.51. The highest BCUT2D eigenvalue weighted by Gasteiger charge is 2.12. The monoisotopic (exact) mass is 309 g/mol. The molecule has 0 amide bonds. The van der Waals surface area contributed by atoms with E-state index in [0.29, 0.717) is 22.9 Å². The molecule has 2 aromatic heterocycles. The van der Waals surface area contributed by atoms with Crippen molar-refractivity contribution < 1.29 is 0 Å². The van der Waals surface area contributed by atoms with E-state index in [1.165, 1.54) is 0 Å². The third-order valence-corrected chi connectivity index (χ3v) is 3.14. The van der Waals surface area contributed by atoms with Crippen LogP contribution in [-0.4, -0.2) is 44.4 Å². The SMILES string of the molecule is CCCNc1nc(N(CC)CC)nc(-n2cc(Cl)cn2)n1. The molecule has 0 unspecified atom stereocenters. The Labute approximate surface area is 129 Å². The van der Waals surface area contributed by atoms with E-state index in [9.17, 15) is 0 Å². The lowest BCUT2D eigenvalue weighted by atomic mass is 10.5. The molecule has 0 aromatic carbocycles. The molecular formula is C13H20ClN7. The number of halogens is 1. The first kappa shape index (κ1) is 15.5. The van der Waals surface area contributed by atoms with Gasteiger partial charge in [0.1, 0.15) is 0 Å². The van der Waals surface area contributed by atoms with Crippen LogP contribution in [0.25, 0.3) is 5.95 Å². The number of anilines is 2. The molecule has 1 N–H and O–H groups in total. The Morgan fingerprint density at radius 3 is 2.52 bits per heavy atom. The third kappa shape index (κ3) is 3.81. The Kier molecular flexibility index (Phi) is 5.32. The second kappa shape index (κ2) is 7.21. The molecule has 0 radical (unpaired) electrons. The van der Waals surface area contributed by atoms with Gasteiger partial charge in [-0.3, -0.25) is 0 Å². The molecule has 0 spiro atoms. The van der Waals surface area contributed by atoms with Crippen LogP contribution in [-0.2, 0) is 0 Å². The van der Waals surface area contributed by atoms with Crippen LogP contribution in [0.3, 0.4) is 0 Å². The predicted molar refractivity (Wildman–Crippen MR) is 84.3 cm³/mol. The minimum Gasteiger partial charge on any atom is -0.354 e. The summed E-state index contributed by atoms with van der Waals surface area (Å²) in [4.78, 5) is 15.4. The Morgan fingerprint density at radius 1 is 1.19 bits per heavy atom. The molecule has 0 aliphatic carbocycles. The fourth-order valence-electron chi connectivity index (χ4n) is 1.83. The van der Waals surface area contributed by atoms with E-state index in [2.05, 4.69) is 51.0 Å². The highest BCUT2D eigenvalue weighted by atomic mass is 35.5. The van der Waals surface area contributed by atoms with Gasteiger partial charge in [0.15, 0.2) is 0 Å². The summed E-state index contributed by atoms with van der Waals surface area (Å²) in [5, 5.41) is 7.88. The van der Waals surface area contributed by atoms with Gasteiger partial charge in [-0.1, -0.05) is 18.5 Å². The van der Waals surface area contributed by atoms with Crippen molar-refractivity contribution in [2.45, 2.75) is 27.2 Å². The molecular weight excluding hydrogens is 290 g/mol. The van der Waals surface area contributed by atoms with Crippen LogP contribution in [0, 0.1) is 0 Å². The molecule has 7 nitrogen and oxygen atoms in total. The number of hydrogen-bond acceptors (Lipinski definition) is 6. The van der Waals surface area contributed by atoms with E-state index in [1.54, 1.807) is 17.1 Å². The van der Waals surface area contributed by atoms with E-state index in [0.717, 1.165) is 26.1 Å². The largest absolute Gasteiger partial charge is 0.354 e. The quantitative estimate of drug-likeness (QED) is 0.846. The number of rotatable bonds is 7. The molecule has 0 saturated carbocycles. The van der Waals surface area contributed by atoms with E-state index in [1.807, 2.05) is 0 Å². The van der Waals surface area contributed by atoms with Crippen molar-refractivity contribution in [3.63, 3.8) is 0 Å².